The van der Waals surface area contributed by atoms with E-state index in [2.05, 4.69) is 17.4 Å². The summed E-state index contributed by atoms with van der Waals surface area (Å²) >= 11 is 3.22. The number of nitrogens with zero attached hydrogens (tertiary/aromatic N) is 2. The summed E-state index contributed by atoms with van der Waals surface area (Å²) in [5.74, 6) is 2.20. The zero-order chi connectivity index (χ0) is 15.4. The van der Waals surface area contributed by atoms with Crippen molar-refractivity contribution in [3.63, 3.8) is 0 Å². The van der Waals surface area contributed by atoms with Gasteiger partial charge in [0, 0.05) is 37.5 Å². The van der Waals surface area contributed by atoms with Gasteiger partial charge in [0.25, 0.3) is 0 Å². The molecule has 1 aliphatic heterocycles. The van der Waals surface area contributed by atoms with E-state index in [1.54, 1.807) is 23.1 Å². The van der Waals surface area contributed by atoms with Crippen molar-refractivity contribution in [2.45, 2.75) is 18.7 Å². The maximum Gasteiger partial charge on any atom is 0.232 e. The predicted molar refractivity (Wildman–Crippen MR) is 90.0 cm³/mol. The van der Waals surface area contributed by atoms with Crippen LogP contribution in [0, 0.1) is 0 Å². The minimum absolute atomic E-state index is 0.209. The lowest BCUT2D eigenvalue weighted by Crippen LogP contribution is -2.52. The van der Waals surface area contributed by atoms with E-state index < -0.39 is 0 Å². The first-order chi connectivity index (χ1) is 10.7. The monoisotopic (exact) mass is 337 g/mol. The average molecular weight is 337 g/mol. The quantitative estimate of drug-likeness (QED) is 0.908. The van der Waals surface area contributed by atoms with Gasteiger partial charge in [0.2, 0.25) is 5.91 Å². The van der Waals surface area contributed by atoms with Crippen LogP contribution in [0.15, 0.2) is 28.1 Å². The molecule has 3 heterocycles. The molecule has 1 atom stereocenters. The SMILES string of the molecule is C[C@@H]1CNCCN1C(=O)CSCc1cc(-c2cccs2)on1. The second kappa shape index (κ2) is 7.30. The first-order valence-corrected chi connectivity index (χ1v) is 9.35. The number of rotatable bonds is 5. The number of thioether (sulfide) groups is 1. The first kappa shape index (κ1) is 15.6. The Labute approximate surface area is 138 Å². The molecule has 0 spiro atoms. The van der Waals surface area contributed by atoms with E-state index in [9.17, 15) is 4.79 Å². The zero-order valence-electron chi connectivity index (χ0n) is 12.4. The third kappa shape index (κ3) is 3.71. The summed E-state index contributed by atoms with van der Waals surface area (Å²) in [6.07, 6.45) is 0. The molecule has 0 radical (unpaired) electrons. The molecule has 2 aromatic rings. The van der Waals surface area contributed by atoms with E-state index in [0.29, 0.717) is 11.5 Å². The highest BCUT2D eigenvalue weighted by Gasteiger charge is 2.22. The molecule has 7 heteroatoms. The van der Waals surface area contributed by atoms with E-state index in [1.807, 2.05) is 28.5 Å². The van der Waals surface area contributed by atoms with Crippen molar-refractivity contribution in [2.75, 3.05) is 25.4 Å². The van der Waals surface area contributed by atoms with Crippen LogP contribution in [0.25, 0.3) is 10.6 Å². The number of aromatic nitrogens is 1. The van der Waals surface area contributed by atoms with Gasteiger partial charge >= 0.3 is 0 Å². The Kier molecular flexibility index (Phi) is 5.17. The van der Waals surface area contributed by atoms with Gasteiger partial charge in [-0.05, 0) is 18.4 Å². The lowest BCUT2D eigenvalue weighted by Gasteiger charge is -2.33. The summed E-state index contributed by atoms with van der Waals surface area (Å²) in [6.45, 7) is 4.64. The number of piperazine rings is 1. The summed E-state index contributed by atoms with van der Waals surface area (Å²) in [5.41, 5.74) is 0.884. The zero-order valence-corrected chi connectivity index (χ0v) is 14.1. The third-order valence-corrected chi connectivity index (χ3v) is 5.46. The number of hydrogen-bond donors (Lipinski definition) is 1. The highest BCUT2D eigenvalue weighted by molar-refractivity contribution is 7.99. The van der Waals surface area contributed by atoms with Gasteiger partial charge in [0.05, 0.1) is 16.3 Å². The maximum absolute atomic E-state index is 12.2. The van der Waals surface area contributed by atoms with Crippen molar-refractivity contribution < 1.29 is 9.32 Å². The van der Waals surface area contributed by atoms with E-state index >= 15 is 0 Å². The molecule has 22 heavy (non-hydrogen) atoms. The third-order valence-electron chi connectivity index (χ3n) is 3.62. The maximum atomic E-state index is 12.2. The minimum atomic E-state index is 0.209. The second-order valence-corrected chi connectivity index (χ2v) is 7.23. The number of carbonyl (C=O) groups excluding carboxylic acids is 1. The highest BCUT2D eigenvalue weighted by atomic mass is 32.2. The van der Waals surface area contributed by atoms with Crippen LogP contribution in [0.1, 0.15) is 12.6 Å². The Hall–Kier alpha value is -1.31. The Balaban J connectivity index is 1.48. The molecule has 118 valence electrons. The molecule has 0 saturated carbocycles. The van der Waals surface area contributed by atoms with Crippen LogP contribution in [-0.4, -0.2) is 47.4 Å². The molecule has 1 saturated heterocycles. The van der Waals surface area contributed by atoms with E-state index in [0.717, 1.165) is 36.0 Å². The van der Waals surface area contributed by atoms with Gasteiger partial charge in [-0.3, -0.25) is 4.79 Å². The predicted octanol–water partition coefficient (Wildman–Crippen LogP) is 2.46. The number of nitrogens with one attached hydrogen (secondary N) is 1. The van der Waals surface area contributed by atoms with Gasteiger partial charge in [-0.15, -0.1) is 23.1 Å². The van der Waals surface area contributed by atoms with Gasteiger partial charge in [0.1, 0.15) is 0 Å². The fourth-order valence-corrected chi connectivity index (χ4v) is 3.91. The number of carbonyl (C=O) groups is 1. The van der Waals surface area contributed by atoms with Crippen LogP contribution in [0.5, 0.6) is 0 Å². The standard InChI is InChI=1S/C15H19N3O2S2/c1-11-8-16-4-5-18(11)15(19)10-21-9-12-7-13(20-17-12)14-3-2-6-22-14/h2-3,6-7,11,16H,4-5,8-10H2,1H3/t11-/m1/s1. The van der Waals surface area contributed by atoms with E-state index in [1.165, 1.54) is 0 Å². The molecular formula is C15H19N3O2S2. The van der Waals surface area contributed by atoms with Crippen molar-refractivity contribution in [3.8, 4) is 10.6 Å². The Morgan fingerprint density at radius 3 is 3.32 bits per heavy atom. The van der Waals surface area contributed by atoms with Gasteiger partial charge in [-0.2, -0.15) is 0 Å². The van der Waals surface area contributed by atoms with Crippen LogP contribution >= 0.6 is 23.1 Å². The van der Waals surface area contributed by atoms with E-state index in [4.69, 9.17) is 4.52 Å². The minimum Gasteiger partial charge on any atom is -0.355 e. The molecule has 1 amide bonds. The van der Waals surface area contributed by atoms with Gasteiger partial charge in [0.15, 0.2) is 5.76 Å². The number of hydrogen-bond acceptors (Lipinski definition) is 6. The summed E-state index contributed by atoms with van der Waals surface area (Å²) in [5, 5.41) is 9.38. The van der Waals surface area contributed by atoms with Crippen LogP contribution in [0.4, 0.5) is 0 Å². The van der Waals surface area contributed by atoms with Crippen molar-refractivity contribution in [3.05, 3.63) is 29.3 Å². The smallest absolute Gasteiger partial charge is 0.232 e. The molecule has 0 aromatic carbocycles. The van der Waals surface area contributed by atoms with Crippen molar-refractivity contribution in [1.82, 2.24) is 15.4 Å². The van der Waals surface area contributed by atoms with Crippen LogP contribution in [0.2, 0.25) is 0 Å². The normalized spacial score (nSPS) is 18.6. The molecular weight excluding hydrogens is 318 g/mol. The lowest BCUT2D eigenvalue weighted by atomic mass is 10.2. The molecule has 0 bridgehead atoms. The summed E-state index contributed by atoms with van der Waals surface area (Å²) in [7, 11) is 0. The van der Waals surface area contributed by atoms with Crippen LogP contribution < -0.4 is 5.32 Å². The first-order valence-electron chi connectivity index (χ1n) is 7.31. The molecule has 3 rings (SSSR count). The van der Waals surface area contributed by atoms with Gasteiger partial charge in [-0.25, -0.2) is 0 Å². The molecule has 5 nitrogen and oxygen atoms in total. The molecule has 1 N–H and O–H groups in total. The van der Waals surface area contributed by atoms with Crippen LogP contribution in [-0.2, 0) is 10.5 Å². The van der Waals surface area contributed by atoms with Crippen molar-refractivity contribution >= 4 is 29.0 Å². The topological polar surface area (TPSA) is 58.4 Å². The van der Waals surface area contributed by atoms with Crippen LogP contribution in [0.3, 0.4) is 0 Å². The van der Waals surface area contributed by atoms with Gasteiger partial charge in [-0.1, -0.05) is 11.2 Å². The molecule has 1 fully saturated rings. The lowest BCUT2D eigenvalue weighted by molar-refractivity contribution is -0.131. The Morgan fingerprint density at radius 2 is 2.55 bits per heavy atom. The fourth-order valence-electron chi connectivity index (χ4n) is 2.45. The largest absolute Gasteiger partial charge is 0.355 e. The molecule has 2 aromatic heterocycles. The van der Waals surface area contributed by atoms with Crippen molar-refractivity contribution in [1.29, 1.82) is 0 Å². The fraction of sp³-hybridized carbons (Fsp3) is 0.467. The summed E-state index contributed by atoms with van der Waals surface area (Å²) in [4.78, 5) is 15.3. The molecule has 0 unspecified atom stereocenters. The summed E-state index contributed by atoms with van der Waals surface area (Å²) < 4.78 is 5.34. The highest BCUT2D eigenvalue weighted by Crippen LogP contribution is 2.26. The average Bonchev–Trinajstić information content (AvgIpc) is 3.18. The second-order valence-electron chi connectivity index (χ2n) is 5.29. The summed E-state index contributed by atoms with van der Waals surface area (Å²) in [6, 6.07) is 6.23. The number of amides is 1. The Morgan fingerprint density at radius 1 is 1.64 bits per heavy atom. The Bertz CT molecular complexity index is 612. The van der Waals surface area contributed by atoms with E-state index in [-0.39, 0.29) is 11.9 Å². The van der Waals surface area contributed by atoms with Crippen molar-refractivity contribution in [2.24, 2.45) is 0 Å². The molecule has 1 aliphatic rings. The molecule has 0 aliphatic carbocycles. The number of thiophene rings is 1. The van der Waals surface area contributed by atoms with Gasteiger partial charge < -0.3 is 14.7 Å².